The van der Waals surface area contributed by atoms with E-state index in [1.807, 2.05) is 29.2 Å². The van der Waals surface area contributed by atoms with Gasteiger partial charge in [0.2, 0.25) is 0 Å². The Balaban J connectivity index is 1.61. The molecular weight excluding hydrogens is 355 g/mol. The summed E-state index contributed by atoms with van der Waals surface area (Å²) < 4.78 is 14.0. The van der Waals surface area contributed by atoms with Gasteiger partial charge in [0.25, 0.3) is 5.91 Å². The Kier molecular flexibility index (Phi) is 6.85. The van der Waals surface area contributed by atoms with Crippen molar-refractivity contribution in [2.75, 3.05) is 49.1 Å². The fourth-order valence-corrected chi connectivity index (χ4v) is 3.62. The number of piperazine rings is 1. The van der Waals surface area contributed by atoms with Crippen LogP contribution in [0.4, 0.5) is 15.9 Å². The largest absolute Gasteiger partial charge is 0.366 e. The van der Waals surface area contributed by atoms with Crippen LogP contribution in [0.1, 0.15) is 37.0 Å². The van der Waals surface area contributed by atoms with E-state index in [0.29, 0.717) is 11.3 Å². The second kappa shape index (κ2) is 9.53. The molecule has 0 bridgehead atoms. The first kappa shape index (κ1) is 20.1. The van der Waals surface area contributed by atoms with Crippen molar-refractivity contribution in [1.29, 1.82) is 0 Å². The van der Waals surface area contributed by atoms with Crippen molar-refractivity contribution in [2.45, 2.75) is 26.7 Å². The monoisotopic (exact) mass is 384 g/mol. The summed E-state index contributed by atoms with van der Waals surface area (Å²) in [6.45, 7) is 8.72. The lowest BCUT2D eigenvalue weighted by Crippen LogP contribution is -2.47. The molecule has 150 valence electrons. The van der Waals surface area contributed by atoms with Crippen molar-refractivity contribution in [3.63, 3.8) is 0 Å². The molecule has 0 spiro atoms. The number of hydrogen-bond donors (Lipinski definition) is 0. The van der Waals surface area contributed by atoms with Crippen LogP contribution in [0.15, 0.2) is 42.6 Å². The molecule has 0 saturated carbocycles. The van der Waals surface area contributed by atoms with Crippen LogP contribution >= 0.6 is 0 Å². The molecule has 3 rings (SSSR count). The van der Waals surface area contributed by atoms with Crippen LogP contribution in [0, 0.1) is 5.82 Å². The van der Waals surface area contributed by atoms with E-state index in [1.54, 1.807) is 12.3 Å². The molecule has 1 aliphatic heterocycles. The van der Waals surface area contributed by atoms with Crippen LogP contribution in [-0.2, 0) is 0 Å². The number of hydrogen-bond acceptors (Lipinski definition) is 4. The molecule has 0 aliphatic carbocycles. The summed E-state index contributed by atoms with van der Waals surface area (Å²) in [5.74, 6) is 0.732. The molecule has 1 amide bonds. The fraction of sp³-hybridized carbons (Fsp3) is 0.455. The molecule has 2 aromatic rings. The van der Waals surface area contributed by atoms with Crippen LogP contribution in [0.2, 0.25) is 0 Å². The normalized spacial score (nSPS) is 14.2. The predicted molar refractivity (Wildman–Crippen MR) is 112 cm³/mol. The van der Waals surface area contributed by atoms with Crippen molar-refractivity contribution in [3.05, 3.63) is 54.0 Å². The van der Waals surface area contributed by atoms with Gasteiger partial charge in [0.15, 0.2) is 0 Å². The number of pyridine rings is 1. The minimum absolute atomic E-state index is 0.0483. The van der Waals surface area contributed by atoms with Crippen molar-refractivity contribution < 1.29 is 9.18 Å². The summed E-state index contributed by atoms with van der Waals surface area (Å²) in [7, 11) is 0. The Bertz CT molecular complexity index is 766. The summed E-state index contributed by atoms with van der Waals surface area (Å²) in [4.78, 5) is 23.3. The Morgan fingerprint density at radius 2 is 1.64 bits per heavy atom. The molecule has 0 unspecified atom stereocenters. The lowest BCUT2D eigenvalue weighted by molar-refractivity contribution is 0.0755. The lowest BCUT2D eigenvalue weighted by atomic mass is 10.2. The third-order valence-electron chi connectivity index (χ3n) is 5.07. The second-order valence-electron chi connectivity index (χ2n) is 7.12. The third kappa shape index (κ3) is 4.61. The van der Waals surface area contributed by atoms with Crippen LogP contribution in [-0.4, -0.2) is 55.1 Å². The molecule has 0 atom stereocenters. The minimum Gasteiger partial charge on any atom is -0.366 e. The molecule has 5 nitrogen and oxygen atoms in total. The summed E-state index contributed by atoms with van der Waals surface area (Å²) >= 11 is 0. The van der Waals surface area contributed by atoms with Crippen LogP contribution in [0.25, 0.3) is 0 Å². The van der Waals surface area contributed by atoms with E-state index >= 15 is 0 Å². The van der Waals surface area contributed by atoms with Crippen molar-refractivity contribution in [1.82, 2.24) is 9.88 Å². The van der Waals surface area contributed by atoms with Gasteiger partial charge < -0.3 is 14.7 Å². The zero-order valence-corrected chi connectivity index (χ0v) is 16.8. The van der Waals surface area contributed by atoms with Crippen molar-refractivity contribution in [2.24, 2.45) is 0 Å². The highest BCUT2D eigenvalue weighted by Gasteiger charge is 2.21. The van der Waals surface area contributed by atoms with Gasteiger partial charge in [-0.2, -0.15) is 0 Å². The van der Waals surface area contributed by atoms with Crippen LogP contribution in [0.5, 0.6) is 0 Å². The Morgan fingerprint density at radius 3 is 2.21 bits per heavy atom. The summed E-state index contributed by atoms with van der Waals surface area (Å²) in [6, 6.07) is 10.7. The quantitative estimate of drug-likeness (QED) is 0.728. The fourth-order valence-electron chi connectivity index (χ4n) is 3.62. The van der Waals surface area contributed by atoms with Gasteiger partial charge in [0.1, 0.15) is 11.6 Å². The van der Waals surface area contributed by atoms with Gasteiger partial charge in [0, 0.05) is 45.5 Å². The molecule has 28 heavy (non-hydrogen) atoms. The predicted octanol–water partition coefficient (Wildman–Crippen LogP) is 3.81. The van der Waals surface area contributed by atoms with Gasteiger partial charge >= 0.3 is 0 Å². The Morgan fingerprint density at radius 1 is 1.00 bits per heavy atom. The maximum atomic E-state index is 14.0. The maximum Gasteiger partial charge on any atom is 0.255 e. The minimum atomic E-state index is -0.180. The van der Waals surface area contributed by atoms with Gasteiger partial charge in [-0.05, 0) is 37.1 Å². The number of anilines is 2. The number of halogens is 1. The number of para-hydroxylation sites is 1. The SMILES string of the molecule is CCCN(CCC)C(=O)c1ccc(N2CCN(c3ccccc3F)CC2)nc1. The molecule has 1 aliphatic rings. The number of nitrogens with zero attached hydrogens (tertiary/aromatic N) is 4. The van der Waals surface area contributed by atoms with E-state index in [2.05, 4.69) is 28.6 Å². The highest BCUT2D eigenvalue weighted by atomic mass is 19.1. The summed E-state index contributed by atoms with van der Waals surface area (Å²) in [5.41, 5.74) is 1.29. The second-order valence-corrected chi connectivity index (χ2v) is 7.12. The van der Waals surface area contributed by atoms with Crippen LogP contribution in [0.3, 0.4) is 0 Å². The van der Waals surface area contributed by atoms with E-state index in [9.17, 15) is 9.18 Å². The number of benzene rings is 1. The van der Waals surface area contributed by atoms with Crippen molar-refractivity contribution in [3.8, 4) is 0 Å². The van der Waals surface area contributed by atoms with Gasteiger partial charge in [-0.1, -0.05) is 26.0 Å². The average Bonchev–Trinajstić information content (AvgIpc) is 2.74. The van der Waals surface area contributed by atoms with E-state index in [4.69, 9.17) is 0 Å². The highest BCUT2D eigenvalue weighted by Crippen LogP contribution is 2.22. The average molecular weight is 384 g/mol. The van der Waals surface area contributed by atoms with E-state index < -0.39 is 0 Å². The van der Waals surface area contributed by atoms with Crippen LogP contribution < -0.4 is 9.80 Å². The van der Waals surface area contributed by atoms with Gasteiger partial charge in [-0.25, -0.2) is 9.37 Å². The third-order valence-corrected chi connectivity index (χ3v) is 5.07. The molecule has 1 aromatic carbocycles. The summed E-state index contributed by atoms with van der Waals surface area (Å²) in [6.07, 6.45) is 3.58. The smallest absolute Gasteiger partial charge is 0.255 e. The van der Waals surface area contributed by atoms with Crippen molar-refractivity contribution >= 4 is 17.4 Å². The molecule has 6 heteroatoms. The molecule has 0 radical (unpaired) electrons. The molecule has 0 N–H and O–H groups in total. The molecule has 1 saturated heterocycles. The number of aromatic nitrogens is 1. The Hall–Kier alpha value is -2.63. The van der Waals surface area contributed by atoms with E-state index in [0.717, 1.165) is 57.9 Å². The first-order valence-electron chi connectivity index (χ1n) is 10.1. The van der Waals surface area contributed by atoms with Gasteiger partial charge in [-0.15, -0.1) is 0 Å². The molecule has 1 fully saturated rings. The lowest BCUT2D eigenvalue weighted by Gasteiger charge is -2.36. The first-order chi connectivity index (χ1) is 13.6. The highest BCUT2D eigenvalue weighted by molar-refractivity contribution is 5.94. The summed E-state index contributed by atoms with van der Waals surface area (Å²) in [5, 5.41) is 0. The number of rotatable bonds is 7. The number of amides is 1. The first-order valence-corrected chi connectivity index (χ1v) is 10.1. The van der Waals surface area contributed by atoms with E-state index in [1.165, 1.54) is 6.07 Å². The number of carbonyl (C=O) groups excluding carboxylic acids is 1. The number of carbonyl (C=O) groups is 1. The van der Waals surface area contributed by atoms with Gasteiger partial charge in [-0.3, -0.25) is 4.79 Å². The zero-order valence-electron chi connectivity index (χ0n) is 16.8. The standard InChI is InChI=1S/C22H29FN4O/c1-3-11-27(12-4-2)22(28)18-9-10-21(24-17-18)26-15-13-25(14-16-26)20-8-6-5-7-19(20)23/h5-10,17H,3-4,11-16H2,1-2H3. The Labute approximate surface area is 166 Å². The zero-order chi connectivity index (χ0) is 19.9. The van der Waals surface area contributed by atoms with Gasteiger partial charge in [0.05, 0.1) is 11.3 Å². The molecular formula is C22H29FN4O. The molecule has 2 heterocycles. The maximum absolute atomic E-state index is 14.0. The van der Waals surface area contributed by atoms with E-state index in [-0.39, 0.29) is 11.7 Å². The topological polar surface area (TPSA) is 39.7 Å². The molecule has 1 aromatic heterocycles.